The summed E-state index contributed by atoms with van der Waals surface area (Å²) >= 11 is 0. The van der Waals surface area contributed by atoms with Gasteiger partial charge in [0.2, 0.25) is 5.75 Å². The molecule has 2 aliphatic carbocycles. The summed E-state index contributed by atoms with van der Waals surface area (Å²) in [5.41, 5.74) is -0.495. The molecule has 0 heterocycles. The van der Waals surface area contributed by atoms with E-state index in [0.29, 0.717) is 12.0 Å². The summed E-state index contributed by atoms with van der Waals surface area (Å²) in [4.78, 5) is 0. The Kier molecular flexibility index (Phi) is 11.6. The zero-order valence-corrected chi connectivity index (χ0v) is 25.4. The molecule has 0 atom stereocenters. The minimum Gasteiger partial charge on any atom is -0.432 e. The van der Waals surface area contributed by atoms with Crippen LogP contribution in [0.15, 0.2) is 42.5 Å². The van der Waals surface area contributed by atoms with Gasteiger partial charge in [0.05, 0.1) is 29.6 Å². The van der Waals surface area contributed by atoms with Crippen LogP contribution in [-0.2, 0) is 22.0 Å². The lowest BCUT2D eigenvalue weighted by Gasteiger charge is -2.38. The lowest BCUT2D eigenvalue weighted by atomic mass is 9.85. The minimum absolute atomic E-state index is 0.0934. The van der Waals surface area contributed by atoms with E-state index in [-0.39, 0.29) is 50.7 Å². The molecule has 16 heteroatoms. The topological polar surface area (TPSA) is 36.9 Å². The summed E-state index contributed by atoms with van der Waals surface area (Å²) in [5, 5.41) is 0. The Labute approximate surface area is 268 Å². The van der Waals surface area contributed by atoms with Crippen molar-refractivity contribution in [3.63, 3.8) is 0 Å². The van der Waals surface area contributed by atoms with Crippen molar-refractivity contribution >= 4 is 0 Å². The maximum atomic E-state index is 15.0. The van der Waals surface area contributed by atoms with E-state index in [1.54, 1.807) is 19.1 Å². The number of allylic oxidation sites excluding steroid dienone is 2. The standard InChI is InChI=1S/C32H32F12O4/c1-2-3-4-18-5-14-24(25(33)15-18)31(40,41)46-22-12-8-19(9-13-22)29(36,37)45-21-10-6-20(7-11-21)30(38,39)47-23-16-26(34)28(27(35)17-23)48-32(42,43)44/h2-3,5,14-17,19-22H,4,6-13H2,1H3/b3-2-. The van der Waals surface area contributed by atoms with Crippen molar-refractivity contribution in [2.75, 3.05) is 0 Å². The fourth-order valence-electron chi connectivity index (χ4n) is 5.85. The van der Waals surface area contributed by atoms with E-state index in [9.17, 15) is 43.9 Å². The van der Waals surface area contributed by atoms with Crippen molar-refractivity contribution in [3.05, 3.63) is 71.1 Å². The highest BCUT2D eigenvalue weighted by atomic mass is 19.4. The maximum absolute atomic E-state index is 15.0. The zero-order chi connectivity index (χ0) is 35.5. The van der Waals surface area contributed by atoms with Crippen LogP contribution in [0, 0.1) is 29.3 Å². The van der Waals surface area contributed by atoms with Crippen molar-refractivity contribution in [1.29, 1.82) is 0 Å². The number of ether oxygens (including phenoxy) is 4. The first-order valence-corrected chi connectivity index (χ1v) is 15.1. The molecule has 0 N–H and O–H groups in total. The fourth-order valence-corrected chi connectivity index (χ4v) is 5.85. The van der Waals surface area contributed by atoms with Gasteiger partial charge in [0.15, 0.2) is 11.6 Å². The lowest BCUT2D eigenvalue weighted by molar-refractivity contribution is -0.314. The molecule has 0 spiro atoms. The molecule has 268 valence electrons. The molecule has 0 amide bonds. The van der Waals surface area contributed by atoms with Crippen molar-refractivity contribution in [1.82, 2.24) is 0 Å². The summed E-state index contributed by atoms with van der Waals surface area (Å²) in [7, 11) is 0. The number of hydrogen-bond acceptors (Lipinski definition) is 4. The second kappa shape index (κ2) is 14.8. The molecule has 2 fully saturated rings. The van der Waals surface area contributed by atoms with E-state index >= 15 is 8.78 Å². The Morgan fingerprint density at radius 2 is 1.17 bits per heavy atom. The van der Waals surface area contributed by atoms with Crippen LogP contribution in [0.3, 0.4) is 0 Å². The molecule has 0 bridgehead atoms. The van der Waals surface area contributed by atoms with Gasteiger partial charge in [0.1, 0.15) is 11.6 Å². The van der Waals surface area contributed by atoms with Gasteiger partial charge in [-0.1, -0.05) is 18.2 Å². The summed E-state index contributed by atoms with van der Waals surface area (Å²) in [5.74, 6) is -11.0. The van der Waals surface area contributed by atoms with Gasteiger partial charge in [-0.15, -0.1) is 13.2 Å². The average molecular weight is 709 g/mol. The Hall–Kier alpha value is -3.14. The first-order chi connectivity index (χ1) is 22.3. The smallest absolute Gasteiger partial charge is 0.432 e. The van der Waals surface area contributed by atoms with Crippen LogP contribution < -0.4 is 9.47 Å². The molecule has 2 aromatic rings. The Morgan fingerprint density at radius 3 is 1.67 bits per heavy atom. The predicted octanol–water partition coefficient (Wildman–Crippen LogP) is 10.6. The van der Waals surface area contributed by atoms with Crippen LogP contribution in [0.2, 0.25) is 0 Å². The normalized spacial score (nSPS) is 23.0. The minimum atomic E-state index is -5.45. The molecule has 0 saturated heterocycles. The van der Waals surface area contributed by atoms with Crippen molar-refractivity contribution in [2.45, 2.75) is 102 Å². The highest BCUT2D eigenvalue weighted by Gasteiger charge is 2.49. The maximum Gasteiger partial charge on any atom is 0.573 e. The van der Waals surface area contributed by atoms with Gasteiger partial charge in [-0.3, -0.25) is 0 Å². The van der Waals surface area contributed by atoms with Crippen LogP contribution >= 0.6 is 0 Å². The third-order valence-electron chi connectivity index (χ3n) is 8.32. The van der Waals surface area contributed by atoms with Gasteiger partial charge in [-0.2, -0.15) is 26.3 Å². The molecule has 4 rings (SSSR count). The summed E-state index contributed by atoms with van der Waals surface area (Å²) in [6.07, 6.45) is -18.0. The van der Waals surface area contributed by atoms with Crippen molar-refractivity contribution in [2.24, 2.45) is 11.8 Å². The molecular formula is C32H32F12O4. The molecule has 2 aromatic carbocycles. The fraction of sp³-hybridized carbons (Fsp3) is 0.562. The van der Waals surface area contributed by atoms with E-state index < -0.39 is 96.1 Å². The molecule has 0 aromatic heterocycles. The molecule has 4 nitrogen and oxygen atoms in total. The Bertz CT molecular complexity index is 1390. The number of hydrogen-bond donors (Lipinski definition) is 0. The van der Waals surface area contributed by atoms with E-state index in [1.165, 1.54) is 6.07 Å². The quantitative estimate of drug-likeness (QED) is 0.163. The van der Waals surface area contributed by atoms with Gasteiger partial charge in [-0.05, 0) is 82.4 Å². The van der Waals surface area contributed by atoms with Crippen LogP contribution in [-0.4, -0.2) is 30.8 Å². The van der Waals surface area contributed by atoms with Crippen molar-refractivity contribution < 1.29 is 71.6 Å². The SMILES string of the molecule is C/C=C\Cc1ccc(C(F)(F)OC2CCC(C(F)(F)OC3CCC(C(F)(F)Oc4cc(F)c(OC(F)(F)F)c(F)c4)CC3)CC2)c(F)c1. The van der Waals surface area contributed by atoms with Gasteiger partial charge in [0.25, 0.3) is 0 Å². The summed E-state index contributed by atoms with van der Waals surface area (Å²) in [6.45, 7) is 1.76. The molecule has 48 heavy (non-hydrogen) atoms. The Balaban J connectivity index is 1.26. The summed E-state index contributed by atoms with van der Waals surface area (Å²) < 4.78 is 186. The third-order valence-corrected chi connectivity index (χ3v) is 8.32. The highest BCUT2D eigenvalue weighted by molar-refractivity contribution is 5.35. The Morgan fingerprint density at radius 1 is 0.646 bits per heavy atom. The second-order valence-corrected chi connectivity index (χ2v) is 11.8. The number of halogens is 12. The number of alkyl halides is 9. The van der Waals surface area contributed by atoms with E-state index in [1.807, 2.05) is 0 Å². The number of benzene rings is 2. The molecule has 2 aliphatic rings. The lowest BCUT2D eigenvalue weighted by Crippen LogP contribution is -2.43. The number of rotatable bonds is 12. The van der Waals surface area contributed by atoms with Gasteiger partial charge in [-0.25, -0.2) is 13.2 Å². The summed E-state index contributed by atoms with van der Waals surface area (Å²) in [6, 6.07) is 3.43. The van der Waals surface area contributed by atoms with E-state index in [0.717, 1.165) is 12.1 Å². The molecule has 0 radical (unpaired) electrons. The highest BCUT2D eigenvalue weighted by Crippen LogP contribution is 2.45. The van der Waals surface area contributed by atoms with Gasteiger partial charge in [0, 0.05) is 12.1 Å². The second-order valence-electron chi connectivity index (χ2n) is 11.8. The molecule has 0 unspecified atom stereocenters. The van der Waals surface area contributed by atoms with Crippen LogP contribution in [0.4, 0.5) is 52.7 Å². The van der Waals surface area contributed by atoms with E-state index in [4.69, 9.17) is 9.47 Å². The first kappa shape index (κ1) is 37.7. The van der Waals surface area contributed by atoms with Crippen LogP contribution in [0.5, 0.6) is 11.5 Å². The van der Waals surface area contributed by atoms with Gasteiger partial charge < -0.3 is 18.9 Å². The van der Waals surface area contributed by atoms with Gasteiger partial charge >= 0.3 is 24.7 Å². The molecule has 2 saturated carbocycles. The predicted molar refractivity (Wildman–Crippen MR) is 146 cm³/mol. The van der Waals surface area contributed by atoms with E-state index in [2.05, 4.69) is 9.47 Å². The third kappa shape index (κ3) is 9.73. The van der Waals surface area contributed by atoms with Crippen molar-refractivity contribution in [3.8, 4) is 11.5 Å². The molecule has 0 aliphatic heterocycles. The van der Waals surface area contributed by atoms with Crippen LogP contribution in [0.25, 0.3) is 0 Å². The largest absolute Gasteiger partial charge is 0.573 e. The molecular weight excluding hydrogens is 676 g/mol. The monoisotopic (exact) mass is 708 g/mol. The average Bonchev–Trinajstić information content (AvgIpc) is 2.97. The zero-order valence-electron chi connectivity index (χ0n) is 25.4. The first-order valence-electron chi connectivity index (χ1n) is 15.1. The van der Waals surface area contributed by atoms with Crippen LogP contribution in [0.1, 0.15) is 69.4 Å².